The molecule has 0 unspecified atom stereocenters. The molecule has 6 heteroatoms. The first-order valence-corrected chi connectivity index (χ1v) is 20.9. The molecular weight excluding hydrogens is 592 g/mol. The van der Waals surface area contributed by atoms with Gasteiger partial charge in [0, 0.05) is 52.1 Å². The first kappa shape index (κ1) is 46.5. The molecule has 6 nitrogen and oxygen atoms in total. The Kier molecular flexibility index (Phi) is 37.1. The van der Waals surface area contributed by atoms with Crippen molar-refractivity contribution in [2.75, 3.05) is 39.3 Å². The van der Waals surface area contributed by atoms with Crippen molar-refractivity contribution in [2.45, 2.75) is 194 Å². The topological polar surface area (TPSA) is 92.7 Å². The van der Waals surface area contributed by atoms with Gasteiger partial charge in [-0.2, -0.15) is 0 Å². The van der Waals surface area contributed by atoms with Crippen LogP contribution in [0.25, 0.3) is 0 Å². The Bertz CT molecular complexity index is 696. The molecule has 0 aliphatic rings. The maximum absolute atomic E-state index is 13.2. The lowest BCUT2D eigenvalue weighted by Gasteiger charge is -2.26. The van der Waals surface area contributed by atoms with Gasteiger partial charge < -0.3 is 11.5 Å². The summed E-state index contributed by atoms with van der Waals surface area (Å²) >= 11 is 0. The van der Waals surface area contributed by atoms with Gasteiger partial charge in [0.15, 0.2) is 0 Å². The van der Waals surface area contributed by atoms with Crippen LogP contribution in [-0.2, 0) is 9.59 Å². The number of nitrogens with zero attached hydrogens (tertiary/aromatic N) is 2. The van der Waals surface area contributed by atoms with Crippen molar-refractivity contribution in [1.82, 2.24) is 9.80 Å². The van der Waals surface area contributed by atoms with Crippen LogP contribution in [0, 0.1) is 0 Å². The highest BCUT2D eigenvalue weighted by Gasteiger charge is 2.21. The van der Waals surface area contributed by atoms with E-state index in [-0.39, 0.29) is 11.8 Å². The molecule has 0 saturated carbocycles. The summed E-state index contributed by atoms with van der Waals surface area (Å²) in [7, 11) is 0. The van der Waals surface area contributed by atoms with Crippen molar-refractivity contribution in [3.63, 3.8) is 0 Å². The average molecular weight is 675 g/mol. The molecule has 0 aliphatic carbocycles. The summed E-state index contributed by atoms with van der Waals surface area (Å²) in [6.45, 7) is 8.18. The minimum atomic E-state index is -0.00850. The average Bonchev–Trinajstić information content (AvgIpc) is 3.08. The Morgan fingerprint density at radius 2 is 0.729 bits per heavy atom. The summed E-state index contributed by atoms with van der Waals surface area (Å²) in [5, 5.41) is 0. The van der Waals surface area contributed by atoms with Crippen molar-refractivity contribution in [3.05, 3.63) is 24.3 Å². The molecule has 0 spiro atoms. The molecule has 0 atom stereocenters. The van der Waals surface area contributed by atoms with Gasteiger partial charge in [0.1, 0.15) is 0 Å². The van der Waals surface area contributed by atoms with Gasteiger partial charge in [0.25, 0.3) is 0 Å². The van der Waals surface area contributed by atoms with Crippen molar-refractivity contribution in [3.8, 4) is 0 Å². The Hall–Kier alpha value is -1.50. The third-order valence-corrected chi connectivity index (χ3v) is 9.44. The zero-order chi connectivity index (χ0) is 35.2. The van der Waals surface area contributed by atoms with E-state index in [0.29, 0.717) is 39.0 Å². The molecule has 282 valence electrons. The van der Waals surface area contributed by atoms with Crippen LogP contribution in [0.15, 0.2) is 24.3 Å². The van der Waals surface area contributed by atoms with Gasteiger partial charge >= 0.3 is 0 Å². The van der Waals surface area contributed by atoms with Gasteiger partial charge in [-0.05, 0) is 64.2 Å². The highest BCUT2D eigenvalue weighted by atomic mass is 16.2. The molecule has 0 aromatic heterocycles. The second kappa shape index (κ2) is 38.3. The lowest BCUT2D eigenvalue weighted by molar-refractivity contribution is -0.145. The van der Waals surface area contributed by atoms with E-state index in [1.807, 2.05) is 0 Å². The van der Waals surface area contributed by atoms with Crippen LogP contribution in [-0.4, -0.2) is 60.9 Å². The Labute approximate surface area is 299 Å². The fraction of sp³-hybridized carbons (Fsp3) is 0.857. The molecule has 0 saturated heterocycles. The Balaban J connectivity index is 4.27. The first-order chi connectivity index (χ1) is 23.6. The number of carbonyl (C=O) groups is 2. The molecule has 0 heterocycles. The number of carbonyl (C=O) groups excluding carboxylic acids is 2. The fourth-order valence-corrected chi connectivity index (χ4v) is 6.29. The number of hydrogen-bond donors (Lipinski definition) is 2. The largest absolute Gasteiger partial charge is 0.329 e. The maximum Gasteiger partial charge on any atom is 0.229 e. The summed E-state index contributed by atoms with van der Waals surface area (Å²) in [4.78, 5) is 30.2. The molecule has 2 amide bonds. The van der Waals surface area contributed by atoms with Crippen LogP contribution in [0.3, 0.4) is 0 Å². The summed E-state index contributed by atoms with van der Waals surface area (Å²) in [5.74, 6) is -0.0170. The summed E-state index contributed by atoms with van der Waals surface area (Å²) in [6.07, 6.45) is 42.4. The van der Waals surface area contributed by atoms with Crippen molar-refractivity contribution < 1.29 is 9.59 Å². The van der Waals surface area contributed by atoms with Crippen LogP contribution in [0.5, 0.6) is 0 Å². The number of unbranched alkanes of at least 4 members (excludes halogenated alkanes) is 22. The van der Waals surface area contributed by atoms with Crippen LogP contribution in [0.4, 0.5) is 0 Å². The zero-order valence-corrected chi connectivity index (χ0v) is 32.2. The highest BCUT2D eigenvalue weighted by Crippen LogP contribution is 2.14. The van der Waals surface area contributed by atoms with Gasteiger partial charge in [-0.25, -0.2) is 0 Å². The van der Waals surface area contributed by atoms with Gasteiger partial charge in [-0.3, -0.25) is 19.4 Å². The smallest absolute Gasteiger partial charge is 0.229 e. The van der Waals surface area contributed by atoms with E-state index < -0.39 is 0 Å². The maximum atomic E-state index is 13.2. The second-order valence-corrected chi connectivity index (χ2v) is 14.0. The summed E-state index contributed by atoms with van der Waals surface area (Å²) < 4.78 is 0. The third-order valence-electron chi connectivity index (χ3n) is 9.44. The summed E-state index contributed by atoms with van der Waals surface area (Å²) in [6, 6.07) is 0. The fourth-order valence-electron chi connectivity index (χ4n) is 6.29. The lowest BCUT2D eigenvalue weighted by atomic mass is 10.1. The van der Waals surface area contributed by atoms with Crippen LogP contribution in [0.1, 0.15) is 194 Å². The molecule has 0 fully saturated rings. The summed E-state index contributed by atoms with van der Waals surface area (Å²) in [5.41, 5.74) is 11.6. The number of rotatable bonds is 37. The molecule has 48 heavy (non-hydrogen) atoms. The molecule has 0 aliphatic heterocycles. The van der Waals surface area contributed by atoms with E-state index in [1.165, 1.54) is 116 Å². The standard InChI is InChI=1S/C42H82N4O2/c1-3-5-7-9-11-13-15-17-19-21-23-25-27-29-31-33-41(47)46(40-39-45(37-35-43)38-36-44)42(48)34-32-30-28-26-24-22-20-18-16-14-12-10-8-6-4-2/h17-20H,3-16,21-40,43-44H2,1-2H3. The predicted octanol–water partition coefficient (Wildman–Crippen LogP) is 10.6. The Morgan fingerprint density at radius 1 is 0.417 bits per heavy atom. The first-order valence-electron chi connectivity index (χ1n) is 20.9. The predicted molar refractivity (Wildman–Crippen MR) is 210 cm³/mol. The van der Waals surface area contributed by atoms with Crippen LogP contribution >= 0.6 is 0 Å². The molecule has 4 N–H and O–H groups in total. The van der Waals surface area contributed by atoms with Crippen LogP contribution < -0.4 is 11.5 Å². The van der Waals surface area contributed by atoms with E-state index in [1.54, 1.807) is 4.90 Å². The van der Waals surface area contributed by atoms with Gasteiger partial charge in [-0.15, -0.1) is 0 Å². The molecular formula is C42H82N4O2. The third kappa shape index (κ3) is 31.7. The van der Waals surface area contributed by atoms with E-state index in [9.17, 15) is 9.59 Å². The van der Waals surface area contributed by atoms with E-state index >= 15 is 0 Å². The van der Waals surface area contributed by atoms with Gasteiger partial charge in [0.2, 0.25) is 11.8 Å². The monoisotopic (exact) mass is 675 g/mol. The number of allylic oxidation sites excluding steroid dienone is 4. The minimum absolute atomic E-state index is 0.00850. The zero-order valence-electron chi connectivity index (χ0n) is 32.2. The lowest BCUT2D eigenvalue weighted by Crippen LogP contribution is -2.44. The van der Waals surface area contributed by atoms with Crippen molar-refractivity contribution in [1.29, 1.82) is 0 Å². The SMILES string of the molecule is CCCCCCCCC=CCCCCCCCC(=O)N(CCN(CCN)CCN)C(=O)CCCCCCCC=CCCCCCCCC. The number of imide groups is 1. The molecule has 0 aromatic carbocycles. The van der Waals surface area contributed by atoms with E-state index in [4.69, 9.17) is 11.5 Å². The Morgan fingerprint density at radius 3 is 1.06 bits per heavy atom. The van der Waals surface area contributed by atoms with E-state index in [0.717, 1.165) is 64.5 Å². The molecule has 0 radical (unpaired) electrons. The van der Waals surface area contributed by atoms with Crippen LogP contribution in [0.2, 0.25) is 0 Å². The van der Waals surface area contributed by atoms with Crippen molar-refractivity contribution in [2.24, 2.45) is 11.5 Å². The quantitative estimate of drug-likeness (QED) is 0.0505. The molecule has 0 bridgehead atoms. The van der Waals surface area contributed by atoms with Gasteiger partial charge in [-0.1, -0.05) is 141 Å². The molecule has 0 rings (SSSR count). The second-order valence-electron chi connectivity index (χ2n) is 14.0. The number of hydrogen-bond acceptors (Lipinski definition) is 5. The number of nitrogens with two attached hydrogens (primary N) is 2. The van der Waals surface area contributed by atoms with Crippen molar-refractivity contribution >= 4 is 11.8 Å². The van der Waals surface area contributed by atoms with E-state index in [2.05, 4.69) is 43.1 Å². The molecule has 0 aromatic rings. The van der Waals surface area contributed by atoms with Gasteiger partial charge in [0.05, 0.1) is 0 Å². The highest BCUT2D eigenvalue weighted by molar-refractivity contribution is 5.95. The minimum Gasteiger partial charge on any atom is -0.329 e. The number of amides is 2. The normalized spacial score (nSPS) is 11.9.